The molecule has 1 atom stereocenters. The second-order valence-corrected chi connectivity index (χ2v) is 4.54. The number of amides is 1. The van der Waals surface area contributed by atoms with Gasteiger partial charge >= 0.3 is 0 Å². The Morgan fingerprint density at radius 2 is 2.10 bits per heavy atom. The topological polar surface area (TPSA) is 72.9 Å². The number of hydrogen-bond acceptors (Lipinski definition) is 3. The molecule has 0 saturated heterocycles. The van der Waals surface area contributed by atoms with E-state index >= 15 is 0 Å². The zero-order valence-corrected chi connectivity index (χ0v) is 12.1. The fraction of sp³-hybridized carbons (Fsp3) is 0.286. The summed E-state index contributed by atoms with van der Waals surface area (Å²) >= 11 is 0. The van der Waals surface area contributed by atoms with Crippen LogP contribution in [0.1, 0.15) is 12.5 Å². The van der Waals surface area contributed by atoms with Gasteiger partial charge in [-0.3, -0.25) is 9.48 Å². The Kier molecular flexibility index (Phi) is 6.21. The lowest BCUT2D eigenvalue weighted by atomic mass is 10.2. The Labute approximate surface area is 124 Å². The molecule has 0 aliphatic rings. The average molecular weight is 295 g/mol. The van der Waals surface area contributed by atoms with Gasteiger partial charge in [0.25, 0.3) is 0 Å². The minimum absolute atomic E-state index is 0. The fourth-order valence-electron chi connectivity index (χ4n) is 1.66. The van der Waals surface area contributed by atoms with E-state index in [2.05, 4.69) is 10.4 Å². The number of hydrogen-bond donors (Lipinski definition) is 2. The Morgan fingerprint density at radius 1 is 1.40 bits per heavy atom. The number of anilines is 1. The zero-order chi connectivity index (χ0) is 13.7. The fourth-order valence-corrected chi connectivity index (χ4v) is 1.66. The summed E-state index contributed by atoms with van der Waals surface area (Å²) in [5.41, 5.74) is 7.31. The molecule has 3 N–H and O–H groups in total. The molecule has 1 amide bonds. The van der Waals surface area contributed by atoms with Crippen molar-refractivity contribution in [2.75, 3.05) is 11.9 Å². The van der Waals surface area contributed by atoms with Crippen molar-refractivity contribution in [1.29, 1.82) is 0 Å². The van der Waals surface area contributed by atoms with Crippen LogP contribution in [0.4, 0.5) is 5.69 Å². The van der Waals surface area contributed by atoms with Crippen LogP contribution >= 0.6 is 12.4 Å². The van der Waals surface area contributed by atoms with Crippen molar-refractivity contribution in [2.45, 2.75) is 13.5 Å². The van der Waals surface area contributed by atoms with Crippen LogP contribution in [-0.4, -0.2) is 22.2 Å². The number of nitrogens with one attached hydrogen (secondary N) is 1. The van der Waals surface area contributed by atoms with Gasteiger partial charge in [-0.15, -0.1) is 12.4 Å². The molecular weight excluding hydrogens is 276 g/mol. The van der Waals surface area contributed by atoms with Gasteiger partial charge in [-0.2, -0.15) is 5.10 Å². The van der Waals surface area contributed by atoms with Gasteiger partial charge in [0.2, 0.25) is 5.91 Å². The molecule has 2 aromatic rings. The van der Waals surface area contributed by atoms with Crippen LogP contribution in [0.25, 0.3) is 0 Å². The minimum atomic E-state index is -0.197. The third-order valence-corrected chi connectivity index (χ3v) is 2.89. The number of carbonyl (C=O) groups is 1. The SMILES string of the molecule is CC(CN)C(=O)Nc1cnn(Cc2ccccc2)c1.Cl. The number of halogens is 1. The van der Waals surface area contributed by atoms with Crippen LogP contribution in [0.5, 0.6) is 0 Å². The van der Waals surface area contributed by atoms with Gasteiger partial charge in [-0.1, -0.05) is 37.3 Å². The maximum atomic E-state index is 11.7. The Morgan fingerprint density at radius 3 is 2.75 bits per heavy atom. The van der Waals surface area contributed by atoms with E-state index < -0.39 is 0 Å². The zero-order valence-electron chi connectivity index (χ0n) is 11.3. The molecule has 2 rings (SSSR count). The number of nitrogens with zero attached hydrogens (tertiary/aromatic N) is 2. The molecule has 0 radical (unpaired) electrons. The lowest BCUT2D eigenvalue weighted by molar-refractivity contribution is -0.119. The largest absolute Gasteiger partial charge is 0.330 e. The lowest BCUT2D eigenvalue weighted by Crippen LogP contribution is -2.26. The van der Waals surface area contributed by atoms with Crippen molar-refractivity contribution in [3.8, 4) is 0 Å². The third-order valence-electron chi connectivity index (χ3n) is 2.89. The molecule has 108 valence electrons. The molecule has 0 bridgehead atoms. The van der Waals surface area contributed by atoms with Gasteiger partial charge < -0.3 is 11.1 Å². The molecule has 20 heavy (non-hydrogen) atoms. The van der Waals surface area contributed by atoms with E-state index in [1.807, 2.05) is 36.5 Å². The van der Waals surface area contributed by atoms with Crippen LogP contribution in [0.15, 0.2) is 42.7 Å². The summed E-state index contributed by atoms with van der Waals surface area (Å²) in [6, 6.07) is 10.0. The summed E-state index contributed by atoms with van der Waals surface area (Å²) in [5, 5.41) is 7.02. The maximum Gasteiger partial charge on any atom is 0.228 e. The minimum Gasteiger partial charge on any atom is -0.330 e. The van der Waals surface area contributed by atoms with Gasteiger partial charge in [0.05, 0.1) is 18.4 Å². The van der Waals surface area contributed by atoms with E-state index in [-0.39, 0.29) is 24.2 Å². The Bertz CT molecular complexity index is 541. The van der Waals surface area contributed by atoms with Crippen LogP contribution in [0.3, 0.4) is 0 Å². The van der Waals surface area contributed by atoms with Gasteiger partial charge in [0, 0.05) is 18.7 Å². The molecule has 6 heteroatoms. The lowest BCUT2D eigenvalue weighted by Gasteiger charge is -2.07. The number of nitrogens with two attached hydrogens (primary N) is 1. The van der Waals surface area contributed by atoms with Crippen molar-refractivity contribution in [1.82, 2.24) is 9.78 Å². The first-order valence-electron chi connectivity index (χ1n) is 6.26. The van der Waals surface area contributed by atoms with E-state index in [0.29, 0.717) is 18.8 Å². The standard InChI is InChI=1S/C14H18N4O.ClH/c1-11(7-15)14(19)17-13-8-16-18(10-13)9-12-5-3-2-4-6-12;/h2-6,8,10-11H,7,9,15H2,1H3,(H,17,19);1H. The first kappa shape index (κ1) is 16.2. The highest BCUT2D eigenvalue weighted by Gasteiger charge is 2.11. The monoisotopic (exact) mass is 294 g/mol. The summed E-state index contributed by atoms with van der Waals surface area (Å²) in [5.74, 6) is -0.278. The quantitative estimate of drug-likeness (QED) is 0.884. The highest BCUT2D eigenvalue weighted by Crippen LogP contribution is 2.09. The smallest absolute Gasteiger partial charge is 0.228 e. The number of benzene rings is 1. The molecular formula is C14H19ClN4O. The van der Waals surface area contributed by atoms with Gasteiger partial charge in [0.1, 0.15) is 0 Å². The Hall–Kier alpha value is -1.85. The normalized spacial score (nSPS) is 11.5. The second-order valence-electron chi connectivity index (χ2n) is 4.54. The molecule has 0 aliphatic heterocycles. The molecule has 1 heterocycles. The molecule has 0 fully saturated rings. The van der Waals surface area contributed by atoms with E-state index in [1.165, 1.54) is 5.56 Å². The van der Waals surface area contributed by atoms with E-state index in [1.54, 1.807) is 17.8 Å². The second kappa shape index (κ2) is 7.67. The Balaban J connectivity index is 0.00000200. The predicted octanol–water partition coefficient (Wildman–Crippen LogP) is 1.89. The highest BCUT2D eigenvalue weighted by molar-refractivity contribution is 5.92. The highest BCUT2D eigenvalue weighted by atomic mass is 35.5. The maximum absolute atomic E-state index is 11.7. The molecule has 0 spiro atoms. The summed E-state index contributed by atoms with van der Waals surface area (Å²) in [7, 11) is 0. The van der Waals surface area contributed by atoms with E-state index in [0.717, 1.165) is 0 Å². The molecule has 1 aromatic carbocycles. The van der Waals surface area contributed by atoms with Gasteiger partial charge in [-0.05, 0) is 5.56 Å². The van der Waals surface area contributed by atoms with E-state index in [4.69, 9.17) is 5.73 Å². The first-order chi connectivity index (χ1) is 9.19. The molecule has 5 nitrogen and oxygen atoms in total. The van der Waals surface area contributed by atoms with Crippen molar-refractivity contribution in [3.63, 3.8) is 0 Å². The van der Waals surface area contributed by atoms with Crippen LogP contribution < -0.4 is 11.1 Å². The van der Waals surface area contributed by atoms with Gasteiger partial charge in [-0.25, -0.2) is 0 Å². The predicted molar refractivity (Wildman–Crippen MR) is 81.9 cm³/mol. The first-order valence-corrected chi connectivity index (χ1v) is 6.26. The molecule has 1 unspecified atom stereocenters. The van der Waals surface area contributed by atoms with Crippen molar-refractivity contribution in [2.24, 2.45) is 11.7 Å². The number of carbonyl (C=O) groups excluding carboxylic acids is 1. The van der Waals surface area contributed by atoms with Crippen molar-refractivity contribution >= 4 is 24.0 Å². The molecule has 0 saturated carbocycles. The summed E-state index contributed by atoms with van der Waals surface area (Å²) in [4.78, 5) is 11.7. The summed E-state index contributed by atoms with van der Waals surface area (Å²) < 4.78 is 1.79. The summed E-state index contributed by atoms with van der Waals surface area (Å²) in [6.07, 6.45) is 3.46. The van der Waals surface area contributed by atoms with Crippen LogP contribution in [0.2, 0.25) is 0 Å². The number of rotatable bonds is 5. The van der Waals surface area contributed by atoms with Gasteiger partial charge in [0.15, 0.2) is 0 Å². The van der Waals surface area contributed by atoms with E-state index in [9.17, 15) is 4.79 Å². The third kappa shape index (κ3) is 4.36. The number of aromatic nitrogens is 2. The van der Waals surface area contributed by atoms with Crippen molar-refractivity contribution < 1.29 is 4.79 Å². The van der Waals surface area contributed by atoms with Crippen molar-refractivity contribution in [3.05, 3.63) is 48.3 Å². The average Bonchev–Trinajstić information content (AvgIpc) is 2.86. The molecule has 1 aromatic heterocycles. The molecule has 0 aliphatic carbocycles. The van der Waals surface area contributed by atoms with Crippen LogP contribution in [-0.2, 0) is 11.3 Å². The summed E-state index contributed by atoms with van der Waals surface area (Å²) in [6.45, 7) is 2.82. The van der Waals surface area contributed by atoms with Crippen LogP contribution in [0, 0.1) is 5.92 Å².